The molecule has 1 aliphatic carbocycles. The number of nitrogens with two attached hydrogens (primary N) is 1. The average Bonchev–Trinajstić information content (AvgIpc) is 3.25. The standard InChI is InChI=1S/C15H22FN3O/c1-3-19(13-6-4-5-12(16)9-13)10-15(18-2,14(17)20)11-7-8-11/h4-6,9,11,18H,3,7-8,10H2,1-2H3,(H2,17,20). The van der Waals surface area contributed by atoms with Gasteiger partial charge in [-0.25, -0.2) is 4.39 Å². The van der Waals surface area contributed by atoms with Crippen molar-refractivity contribution >= 4 is 11.6 Å². The highest BCUT2D eigenvalue weighted by molar-refractivity contribution is 5.86. The largest absolute Gasteiger partial charge is 0.369 e. The fourth-order valence-electron chi connectivity index (χ4n) is 2.75. The second kappa shape index (κ2) is 5.79. The Bertz CT molecular complexity index is 490. The van der Waals surface area contributed by atoms with E-state index < -0.39 is 5.54 Å². The summed E-state index contributed by atoms with van der Waals surface area (Å²) in [6.07, 6.45) is 2.01. The minimum Gasteiger partial charge on any atom is -0.369 e. The van der Waals surface area contributed by atoms with Gasteiger partial charge < -0.3 is 16.0 Å². The highest BCUT2D eigenvalue weighted by Crippen LogP contribution is 2.40. The average molecular weight is 279 g/mol. The topological polar surface area (TPSA) is 58.4 Å². The third-order valence-electron chi connectivity index (χ3n) is 4.16. The van der Waals surface area contributed by atoms with E-state index in [2.05, 4.69) is 5.32 Å². The molecular weight excluding hydrogens is 257 g/mol. The van der Waals surface area contributed by atoms with Crippen molar-refractivity contribution in [1.82, 2.24) is 5.32 Å². The molecule has 0 radical (unpaired) electrons. The minimum atomic E-state index is -0.734. The zero-order chi connectivity index (χ0) is 14.8. The van der Waals surface area contributed by atoms with Crippen LogP contribution < -0.4 is 16.0 Å². The van der Waals surface area contributed by atoms with Crippen molar-refractivity contribution in [3.63, 3.8) is 0 Å². The molecule has 1 amide bonds. The zero-order valence-corrected chi connectivity index (χ0v) is 12.0. The molecule has 4 nitrogen and oxygen atoms in total. The van der Waals surface area contributed by atoms with Crippen LogP contribution in [0.2, 0.25) is 0 Å². The summed E-state index contributed by atoms with van der Waals surface area (Å²) in [7, 11) is 1.77. The van der Waals surface area contributed by atoms with Gasteiger partial charge in [-0.15, -0.1) is 0 Å². The normalized spacial score (nSPS) is 17.6. The summed E-state index contributed by atoms with van der Waals surface area (Å²) < 4.78 is 13.4. The molecule has 0 spiro atoms. The molecule has 1 saturated carbocycles. The lowest BCUT2D eigenvalue weighted by atomic mass is 9.91. The zero-order valence-electron chi connectivity index (χ0n) is 12.0. The van der Waals surface area contributed by atoms with Gasteiger partial charge in [-0.05, 0) is 50.9 Å². The number of amides is 1. The third-order valence-corrected chi connectivity index (χ3v) is 4.16. The molecule has 0 aliphatic heterocycles. The van der Waals surface area contributed by atoms with E-state index in [1.54, 1.807) is 13.1 Å². The first-order chi connectivity index (χ1) is 9.53. The van der Waals surface area contributed by atoms with Gasteiger partial charge in [-0.3, -0.25) is 4.79 Å². The Kier molecular flexibility index (Phi) is 4.28. The van der Waals surface area contributed by atoms with Gasteiger partial charge in [-0.2, -0.15) is 0 Å². The monoisotopic (exact) mass is 279 g/mol. The van der Waals surface area contributed by atoms with Crippen LogP contribution in [0.5, 0.6) is 0 Å². The molecule has 20 heavy (non-hydrogen) atoms. The van der Waals surface area contributed by atoms with Crippen LogP contribution in [0, 0.1) is 11.7 Å². The maximum Gasteiger partial charge on any atom is 0.239 e. The number of hydrogen-bond donors (Lipinski definition) is 2. The molecular formula is C15H22FN3O. The van der Waals surface area contributed by atoms with E-state index in [0.717, 1.165) is 18.5 Å². The van der Waals surface area contributed by atoms with Crippen LogP contribution in [0.3, 0.4) is 0 Å². The predicted molar refractivity (Wildman–Crippen MR) is 78.0 cm³/mol. The second-order valence-electron chi connectivity index (χ2n) is 5.35. The summed E-state index contributed by atoms with van der Waals surface area (Å²) >= 11 is 0. The molecule has 110 valence electrons. The van der Waals surface area contributed by atoms with Crippen LogP contribution in [0.4, 0.5) is 10.1 Å². The summed E-state index contributed by atoms with van der Waals surface area (Å²) in [5.74, 6) is -0.341. The summed E-state index contributed by atoms with van der Waals surface area (Å²) in [5.41, 5.74) is 5.67. The Morgan fingerprint density at radius 3 is 2.70 bits per heavy atom. The van der Waals surface area contributed by atoms with Crippen molar-refractivity contribution < 1.29 is 9.18 Å². The Morgan fingerprint density at radius 2 is 2.25 bits per heavy atom. The molecule has 0 saturated heterocycles. The van der Waals surface area contributed by atoms with E-state index in [0.29, 0.717) is 13.1 Å². The number of carbonyl (C=O) groups excluding carboxylic acids is 1. The number of rotatable bonds is 7. The number of nitrogens with zero attached hydrogens (tertiary/aromatic N) is 1. The van der Waals surface area contributed by atoms with Gasteiger partial charge in [-0.1, -0.05) is 6.07 Å². The van der Waals surface area contributed by atoms with Gasteiger partial charge >= 0.3 is 0 Å². The van der Waals surface area contributed by atoms with Crippen LogP contribution in [-0.2, 0) is 4.79 Å². The molecule has 3 N–H and O–H groups in total. The fraction of sp³-hybridized carbons (Fsp3) is 0.533. The van der Waals surface area contributed by atoms with E-state index in [1.165, 1.54) is 12.1 Å². The van der Waals surface area contributed by atoms with Crippen molar-refractivity contribution in [3.8, 4) is 0 Å². The number of primary amides is 1. The maximum atomic E-state index is 13.4. The van der Waals surface area contributed by atoms with Crippen molar-refractivity contribution in [2.24, 2.45) is 11.7 Å². The van der Waals surface area contributed by atoms with Gasteiger partial charge in [0.2, 0.25) is 5.91 Å². The Balaban J connectivity index is 2.25. The molecule has 0 bridgehead atoms. The van der Waals surface area contributed by atoms with Gasteiger partial charge in [0.05, 0.1) is 0 Å². The van der Waals surface area contributed by atoms with Gasteiger partial charge in [0.15, 0.2) is 0 Å². The summed E-state index contributed by atoms with van der Waals surface area (Å²) in [6, 6.07) is 6.42. The van der Waals surface area contributed by atoms with Gasteiger partial charge in [0.25, 0.3) is 0 Å². The first-order valence-electron chi connectivity index (χ1n) is 7.03. The highest BCUT2D eigenvalue weighted by atomic mass is 19.1. The van der Waals surface area contributed by atoms with E-state index in [9.17, 15) is 9.18 Å². The quantitative estimate of drug-likeness (QED) is 0.795. The van der Waals surface area contributed by atoms with Crippen molar-refractivity contribution in [2.45, 2.75) is 25.3 Å². The van der Waals surface area contributed by atoms with Crippen molar-refractivity contribution in [3.05, 3.63) is 30.1 Å². The molecule has 1 aliphatic rings. The number of hydrogen-bond acceptors (Lipinski definition) is 3. The molecule has 1 unspecified atom stereocenters. The SMILES string of the molecule is CCN(CC(NC)(C(N)=O)C1CC1)c1cccc(F)c1. The lowest BCUT2D eigenvalue weighted by molar-refractivity contribution is -0.124. The number of benzene rings is 1. The fourth-order valence-corrected chi connectivity index (χ4v) is 2.75. The van der Waals surface area contributed by atoms with Crippen molar-refractivity contribution in [1.29, 1.82) is 0 Å². The lowest BCUT2D eigenvalue weighted by Crippen LogP contribution is -2.62. The summed E-state index contributed by atoms with van der Waals surface area (Å²) in [6.45, 7) is 3.13. The second-order valence-corrected chi connectivity index (χ2v) is 5.35. The molecule has 1 atom stereocenters. The Labute approximate surface area is 119 Å². The first kappa shape index (κ1) is 14.8. The van der Waals surface area contributed by atoms with Gasteiger partial charge in [0, 0.05) is 18.8 Å². The van der Waals surface area contributed by atoms with E-state index >= 15 is 0 Å². The number of anilines is 1. The number of nitrogens with one attached hydrogen (secondary N) is 1. The van der Waals surface area contributed by atoms with Gasteiger partial charge in [0.1, 0.15) is 11.4 Å². The Hall–Kier alpha value is -1.62. The number of halogens is 1. The number of carbonyl (C=O) groups is 1. The first-order valence-corrected chi connectivity index (χ1v) is 7.03. The maximum absolute atomic E-state index is 13.4. The van der Waals surface area contributed by atoms with Crippen molar-refractivity contribution in [2.75, 3.05) is 25.0 Å². The van der Waals surface area contributed by atoms with E-state index in [-0.39, 0.29) is 17.6 Å². The molecule has 0 heterocycles. The van der Waals surface area contributed by atoms with Crippen LogP contribution >= 0.6 is 0 Å². The summed E-state index contributed by atoms with van der Waals surface area (Å²) in [5, 5.41) is 3.12. The highest BCUT2D eigenvalue weighted by Gasteiger charge is 2.49. The molecule has 1 aromatic carbocycles. The van der Waals surface area contributed by atoms with Crippen LogP contribution in [0.25, 0.3) is 0 Å². The molecule has 0 aromatic heterocycles. The molecule has 5 heteroatoms. The Morgan fingerprint density at radius 1 is 1.55 bits per heavy atom. The van der Waals surface area contributed by atoms with E-state index in [4.69, 9.17) is 5.73 Å². The molecule has 1 aromatic rings. The number of likely N-dealkylation sites (N-methyl/N-ethyl adjacent to an activating group) is 2. The molecule has 2 rings (SSSR count). The minimum absolute atomic E-state index is 0.271. The third kappa shape index (κ3) is 2.77. The van der Waals surface area contributed by atoms with E-state index in [1.807, 2.05) is 17.9 Å². The smallest absolute Gasteiger partial charge is 0.239 e. The predicted octanol–water partition coefficient (Wildman–Crippen LogP) is 1.51. The van der Waals surface area contributed by atoms with Crippen LogP contribution in [0.1, 0.15) is 19.8 Å². The lowest BCUT2D eigenvalue weighted by Gasteiger charge is -2.37. The van der Waals surface area contributed by atoms with Crippen LogP contribution in [0.15, 0.2) is 24.3 Å². The molecule has 1 fully saturated rings. The summed E-state index contributed by atoms with van der Waals surface area (Å²) in [4.78, 5) is 13.9. The van der Waals surface area contributed by atoms with Crippen LogP contribution in [-0.4, -0.2) is 31.6 Å².